The number of nitro groups is 1. The molecule has 2 aromatic rings. The molecule has 0 aliphatic carbocycles. The Morgan fingerprint density at radius 1 is 1.15 bits per heavy atom. The van der Waals surface area contributed by atoms with Crippen molar-refractivity contribution in [2.45, 2.75) is 0 Å². The van der Waals surface area contributed by atoms with Gasteiger partial charge in [-0.1, -0.05) is 23.2 Å². The zero-order chi connectivity index (χ0) is 19.3. The third-order valence-corrected chi connectivity index (χ3v) is 3.70. The van der Waals surface area contributed by atoms with E-state index in [1.165, 1.54) is 43.5 Å². The summed E-state index contributed by atoms with van der Waals surface area (Å²) in [4.78, 5) is 33.8. The second-order valence-electron chi connectivity index (χ2n) is 4.90. The minimum atomic E-state index is -0.796. The van der Waals surface area contributed by atoms with Crippen molar-refractivity contribution in [3.05, 3.63) is 62.1 Å². The summed E-state index contributed by atoms with van der Waals surface area (Å²) < 4.78 is 9.87. The number of nitro benzene ring substituents is 1. The molecule has 0 spiro atoms. The molecule has 0 unspecified atom stereocenters. The third-order valence-electron chi connectivity index (χ3n) is 3.13. The molecule has 0 saturated carbocycles. The fraction of sp³-hybridized carbons (Fsp3) is 0.125. The highest BCUT2D eigenvalue weighted by Crippen LogP contribution is 2.33. The molecule has 0 aliphatic rings. The van der Waals surface area contributed by atoms with Crippen LogP contribution in [0, 0.1) is 10.1 Å². The number of amides is 1. The average molecular weight is 399 g/mol. The molecule has 136 valence electrons. The van der Waals surface area contributed by atoms with Gasteiger partial charge in [0.15, 0.2) is 12.4 Å². The second kappa shape index (κ2) is 8.50. The van der Waals surface area contributed by atoms with E-state index in [4.69, 9.17) is 32.7 Å². The van der Waals surface area contributed by atoms with Gasteiger partial charge in [-0.3, -0.25) is 14.9 Å². The van der Waals surface area contributed by atoms with Crippen LogP contribution < -0.4 is 10.1 Å². The highest BCUT2D eigenvalue weighted by molar-refractivity contribution is 6.37. The molecule has 0 atom stereocenters. The number of hydrogen-bond acceptors (Lipinski definition) is 6. The van der Waals surface area contributed by atoms with Gasteiger partial charge < -0.3 is 14.8 Å². The van der Waals surface area contributed by atoms with Crippen LogP contribution in [0.4, 0.5) is 11.4 Å². The first-order valence-electron chi connectivity index (χ1n) is 7.06. The highest BCUT2D eigenvalue weighted by Gasteiger charge is 2.16. The molecular weight excluding hydrogens is 387 g/mol. The lowest BCUT2D eigenvalue weighted by Gasteiger charge is -2.09. The predicted octanol–water partition coefficient (Wildman–Crippen LogP) is 3.71. The lowest BCUT2D eigenvalue weighted by atomic mass is 10.2. The SMILES string of the molecule is COc1c(Cl)cc(C(=O)OCC(=O)Nc2ccc([N+](=O)[O-])cc2)cc1Cl. The summed E-state index contributed by atoms with van der Waals surface area (Å²) in [6.45, 7) is -0.558. The lowest BCUT2D eigenvalue weighted by Crippen LogP contribution is -2.21. The van der Waals surface area contributed by atoms with Crippen molar-refractivity contribution >= 4 is 46.5 Å². The van der Waals surface area contributed by atoms with Crippen LogP contribution in [0.3, 0.4) is 0 Å². The van der Waals surface area contributed by atoms with E-state index < -0.39 is 23.4 Å². The maximum Gasteiger partial charge on any atom is 0.338 e. The van der Waals surface area contributed by atoms with Crippen LogP contribution in [0.15, 0.2) is 36.4 Å². The largest absolute Gasteiger partial charge is 0.494 e. The van der Waals surface area contributed by atoms with Gasteiger partial charge in [-0.15, -0.1) is 0 Å². The van der Waals surface area contributed by atoms with Crippen molar-refractivity contribution in [2.75, 3.05) is 19.0 Å². The molecule has 0 heterocycles. The summed E-state index contributed by atoms with van der Waals surface area (Å²) in [5.74, 6) is -1.19. The fourth-order valence-electron chi connectivity index (χ4n) is 1.95. The molecule has 2 rings (SSSR count). The molecule has 1 N–H and O–H groups in total. The summed E-state index contributed by atoms with van der Waals surface area (Å²) in [6.07, 6.45) is 0. The number of rotatable bonds is 6. The van der Waals surface area contributed by atoms with Crippen LogP contribution in [-0.2, 0) is 9.53 Å². The Labute approximate surface area is 157 Å². The number of nitrogens with one attached hydrogen (secondary N) is 1. The van der Waals surface area contributed by atoms with E-state index in [1.807, 2.05) is 0 Å². The molecule has 0 bridgehead atoms. The number of halogens is 2. The number of carbonyl (C=O) groups is 2. The van der Waals surface area contributed by atoms with E-state index in [9.17, 15) is 19.7 Å². The number of non-ortho nitro benzene ring substituents is 1. The van der Waals surface area contributed by atoms with Crippen molar-refractivity contribution in [3.8, 4) is 5.75 Å². The van der Waals surface area contributed by atoms with E-state index in [1.54, 1.807) is 0 Å². The van der Waals surface area contributed by atoms with Crippen LogP contribution in [0.25, 0.3) is 0 Å². The maximum absolute atomic E-state index is 12.0. The zero-order valence-corrected chi connectivity index (χ0v) is 14.8. The van der Waals surface area contributed by atoms with E-state index in [0.717, 1.165) is 0 Å². The van der Waals surface area contributed by atoms with Crippen molar-refractivity contribution in [2.24, 2.45) is 0 Å². The summed E-state index contributed by atoms with van der Waals surface area (Å²) in [7, 11) is 1.38. The number of esters is 1. The van der Waals surface area contributed by atoms with Crippen molar-refractivity contribution in [1.29, 1.82) is 0 Å². The number of anilines is 1. The second-order valence-corrected chi connectivity index (χ2v) is 5.72. The van der Waals surface area contributed by atoms with Crippen LogP contribution in [0.5, 0.6) is 5.75 Å². The Bertz CT molecular complexity index is 831. The smallest absolute Gasteiger partial charge is 0.338 e. The van der Waals surface area contributed by atoms with Crippen LogP contribution >= 0.6 is 23.2 Å². The van der Waals surface area contributed by atoms with Gasteiger partial charge >= 0.3 is 5.97 Å². The first kappa shape index (κ1) is 19.5. The topological polar surface area (TPSA) is 108 Å². The lowest BCUT2D eigenvalue weighted by molar-refractivity contribution is -0.384. The van der Waals surface area contributed by atoms with Crippen LogP contribution in [0.1, 0.15) is 10.4 Å². The Morgan fingerprint density at radius 2 is 1.73 bits per heavy atom. The molecule has 10 heteroatoms. The van der Waals surface area contributed by atoms with Gasteiger partial charge in [0.25, 0.3) is 11.6 Å². The zero-order valence-electron chi connectivity index (χ0n) is 13.3. The van der Waals surface area contributed by atoms with Gasteiger partial charge in [0, 0.05) is 17.8 Å². The van der Waals surface area contributed by atoms with Gasteiger partial charge in [0.1, 0.15) is 0 Å². The summed E-state index contributed by atoms with van der Waals surface area (Å²) in [6, 6.07) is 7.82. The molecule has 0 radical (unpaired) electrons. The van der Waals surface area contributed by atoms with Crippen molar-refractivity contribution < 1.29 is 24.0 Å². The minimum Gasteiger partial charge on any atom is -0.494 e. The maximum atomic E-state index is 12.0. The Kier molecular flexibility index (Phi) is 6.37. The highest BCUT2D eigenvalue weighted by atomic mass is 35.5. The van der Waals surface area contributed by atoms with E-state index in [2.05, 4.69) is 5.32 Å². The number of benzene rings is 2. The van der Waals surface area contributed by atoms with Gasteiger partial charge in [0.05, 0.1) is 27.6 Å². The summed E-state index contributed by atoms with van der Waals surface area (Å²) >= 11 is 11.9. The monoisotopic (exact) mass is 398 g/mol. The Morgan fingerprint density at radius 3 is 2.23 bits per heavy atom. The van der Waals surface area contributed by atoms with E-state index in [0.29, 0.717) is 5.69 Å². The molecule has 2 aromatic carbocycles. The van der Waals surface area contributed by atoms with Gasteiger partial charge in [-0.2, -0.15) is 0 Å². The molecular formula is C16H12Cl2N2O6. The normalized spacial score (nSPS) is 10.1. The van der Waals surface area contributed by atoms with Gasteiger partial charge in [-0.05, 0) is 24.3 Å². The molecule has 0 fully saturated rings. The van der Waals surface area contributed by atoms with Crippen LogP contribution in [0.2, 0.25) is 10.0 Å². The molecule has 0 aromatic heterocycles. The standard InChI is InChI=1S/C16H12Cl2N2O6/c1-25-15-12(17)6-9(7-13(15)18)16(22)26-8-14(21)19-10-2-4-11(5-3-10)20(23)24/h2-7H,8H2,1H3,(H,19,21). The number of hydrogen-bond donors (Lipinski definition) is 1. The minimum absolute atomic E-state index is 0.0592. The van der Waals surface area contributed by atoms with Crippen molar-refractivity contribution in [1.82, 2.24) is 0 Å². The Balaban J connectivity index is 1.94. The first-order valence-corrected chi connectivity index (χ1v) is 7.82. The number of nitrogens with zero attached hydrogens (tertiary/aromatic N) is 1. The fourth-order valence-corrected chi connectivity index (χ4v) is 2.59. The summed E-state index contributed by atoms with van der Waals surface area (Å²) in [5, 5.41) is 13.3. The van der Waals surface area contributed by atoms with E-state index in [-0.39, 0.29) is 27.0 Å². The third kappa shape index (κ3) is 4.84. The number of methoxy groups -OCH3 is 1. The molecule has 1 amide bonds. The van der Waals surface area contributed by atoms with Gasteiger partial charge in [-0.25, -0.2) is 4.79 Å². The quantitative estimate of drug-likeness (QED) is 0.451. The van der Waals surface area contributed by atoms with Gasteiger partial charge in [0.2, 0.25) is 0 Å². The van der Waals surface area contributed by atoms with Crippen LogP contribution in [-0.4, -0.2) is 30.5 Å². The molecule has 26 heavy (non-hydrogen) atoms. The molecule has 8 nitrogen and oxygen atoms in total. The number of carbonyl (C=O) groups excluding carboxylic acids is 2. The first-order chi connectivity index (χ1) is 12.3. The predicted molar refractivity (Wildman–Crippen MR) is 95.0 cm³/mol. The molecule has 0 saturated heterocycles. The average Bonchev–Trinajstić information content (AvgIpc) is 2.59. The number of ether oxygens (including phenoxy) is 2. The van der Waals surface area contributed by atoms with E-state index >= 15 is 0 Å². The van der Waals surface area contributed by atoms with Crippen molar-refractivity contribution in [3.63, 3.8) is 0 Å². The summed E-state index contributed by atoms with van der Waals surface area (Å²) in [5.41, 5.74) is 0.277. The Hall–Kier alpha value is -2.84. The molecule has 0 aliphatic heterocycles.